The second-order valence-electron chi connectivity index (χ2n) is 4.79. The Morgan fingerprint density at radius 3 is 2.67 bits per heavy atom. The van der Waals surface area contributed by atoms with Crippen molar-refractivity contribution in [3.8, 4) is 0 Å². The summed E-state index contributed by atoms with van der Waals surface area (Å²) in [5.41, 5.74) is 0.453. The SMILES string of the molecule is OC(Cc1ccc(Br)cc1F)c1cc2ccc(F)cc2s1. The van der Waals surface area contributed by atoms with Gasteiger partial charge in [-0.3, -0.25) is 0 Å². The van der Waals surface area contributed by atoms with Crippen LogP contribution in [-0.4, -0.2) is 5.11 Å². The normalized spacial score (nSPS) is 12.8. The first-order valence-electron chi connectivity index (χ1n) is 6.34. The molecule has 1 N–H and O–H groups in total. The van der Waals surface area contributed by atoms with Crippen molar-refractivity contribution in [2.24, 2.45) is 0 Å². The van der Waals surface area contributed by atoms with Crippen molar-refractivity contribution in [3.05, 3.63) is 69.0 Å². The van der Waals surface area contributed by atoms with E-state index in [9.17, 15) is 13.9 Å². The molecule has 0 spiro atoms. The van der Waals surface area contributed by atoms with Crippen molar-refractivity contribution in [1.82, 2.24) is 0 Å². The highest BCUT2D eigenvalue weighted by Gasteiger charge is 2.15. The van der Waals surface area contributed by atoms with Gasteiger partial charge in [-0.1, -0.05) is 28.1 Å². The van der Waals surface area contributed by atoms with Crippen LogP contribution in [0.15, 0.2) is 46.9 Å². The van der Waals surface area contributed by atoms with Gasteiger partial charge in [-0.05, 0) is 41.3 Å². The smallest absolute Gasteiger partial charge is 0.127 e. The molecule has 1 heterocycles. The van der Waals surface area contributed by atoms with Gasteiger partial charge in [0.05, 0.1) is 6.10 Å². The van der Waals surface area contributed by atoms with E-state index in [4.69, 9.17) is 0 Å². The lowest BCUT2D eigenvalue weighted by Crippen LogP contribution is -2.01. The molecule has 1 unspecified atom stereocenters. The molecule has 0 fully saturated rings. The summed E-state index contributed by atoms with van der Waals surface area (Å²) in [6, 6.07) is 11.1. The van der Waals surface area contributed by atoms with Gasteiger partial charge in [-0.2, -0.15) is 0 Å². The summed E-state index contributed by atoms with van der Waals surface area (Å²) in [6.07, 6.45) is -0.616. The zero-order valence-corrected chi connectivity index (χ0v) is 13.2. The number of rotatable bonds is 3. The van der Waals surface area contributed by atoms with Crippen LogP contribution in [0, 0.1) is 11.6 Å². The summed E-state index contributed by atoms with van der Waals surface area (Å²) in [7, 11) is 0. The van der Waals surface area contributed by atoms with Crippen molar-refractivity contribution in [3.63, 3.8) is 0 Å². The molecule has 5 heteroatoms. The molecule has 1 atom stereocenters. The molecule has 0 amide bonds. The summed E-state index contributed by atoms with van der Waals surface area (Å²) in [4.78, 5) is 0.706. The number of benzene rings is 2. The number of hydrogen-bond donors (Lipinski definition) is 1. The monoisotopic (exact) mass is 368 g/mol. The maximum absolute atomic E-state index is 13.8. The minimum atomic E-state index is -0.805. The highest BCUT2D eigenvalue weighted by Crippen LogP contribution is 2.32. The van der Waals surface area contributed by atoms with E-state index in [2.05, 4.69) is 15.9 Å². The molecule has 0 aliphatic carbocycles. The van der Waals surface area contributed by atoms with Crippen LogP contribution < -0.4 is 0 Å². The number of hydrogen-bond acceptors (Lipinski definition) is 2. The maximum Gasteiger partial charge on any atom is 0.127 e. The van der Waals surface area contributed by atoms with E-state index >= 15 is 0 Å². The van der Waals surface area contributed by atoms with Gasteiger partial charge >= 0.3 is 0 Å². The predicted octanol–water partition coefficient (Wildman–Crippen LogP) is 5.22. The van der Waals surface area contributed by atoms with Gasteiger partial charge in [-0.25, -0.2) is 8.78 Å². The Bertz CT molecular complexity index is 800. The molecular weight excluding hydrogens is 358 g/mol. The zero-order valence-electron chi connectivity index (χ0n) is 10.8. The Morgan fingerprint density at radius 2 is 1.90 bits per heavy atom. The third-order valence-corrected chi connectivity index (χ3v) is 4.95. The molecule has 2 aromatic carbocycles. The largest absolute Gasteiger partial charge is 0.387 e. The Hall–Kier alpha value is -1.30. The van der Waals surface area contributed by atoms with Crippen LogP contribution in [0.4, 0.5) is 8.78 Å². The minimum Gasteiger partial charge on any atom is -0.387 e. The number of aliphatic hydroxyl groups excluding tert-OH is 1. The Balaban J connectivity index is 1.87. The van der Waals surface area contributed by atoms with Gasteiger partial charge in [-0.15, -0.1) is 11.3 Å². The quantitative estimate of drug-likeness (QED) is 0.671. The molecule has 108 valence electrons. The summed E-state index contributed by atoms with van der Waals surface area (Å²) in [5, 5.41) is 11.2. The van der Waals surface area contributed by atoms with Gasteiger partial charge in [0.25, 0.3) is 0 Å². The second kappa shape index (κ2) is 5.83. The summed E-state index contributed by atoms with van der Waals surface area (Å²) in [6.45, 7) is 0. The zero-order chi connectivity index (χ0) is 15.0. The van der Waals surface area contributed by atoms with E-state index in [0.717, 1.165) is 10.1 Å². The molecular formula is C16H11BrF2OS. The van der Waals surface area contributed by atoms with Gasteiger partial charge in [0.15, 0.2) is 0 Å². The lowest BCUT2D eigenvalue weighted by Gasteiger charge is -2.09. The molecule has 1 aromatic heterocycles. The predicted molar refractivity (Wildman–Crippen MR) is 84.5 cm³/mol. The topological polar surface area (TPSA) is 20.2 Å². The van der Waals surface area contributed by atoms with Gasteiger partial charge < -0.3 is 5.11 Å². The highest BCUT2D eigenvalue weighted by atomic mass is 79.9. The van der Waals surface area contributed by atoms with Gasteiger partial charge in [0.1, 0.15) is 11.6 Å². The van der Waals surface area contributed by atoms with Gasteiger partial charge in [0.2, 0.25) is 0 Å². The highest BCUT2D eigenvalue weighted by molar-refractivity contribution is 9.10. The summed E-state index contributed by atoms with van der Waals surface area (Å²) in [5.74, 6) is -0.653. The fraction of sp³-hybridized carbons (Fsp3) is 0.125. The van der Waals surface area contributed by atoms with Crippen LogP contribution in [0.1, 0.15) is 16.5 Å². The molecule has 3 rings (SSSR count). The van der Waals surface area contributed by atoms with Crippen LogP contribution in [0.3, 0.4) is 0 Å². The van der Waals surface area contributed by atoms with Crippen LogP contribution in [-0.2, 0) is 6.42 Å². The average Bonchev–Trinajstić information content (AvgIpc) is 2.85. The molecule has 3 aromatic rings. The second-order valence-corrected chi connectivity index (χ2v) is 6.82. The van der Waals surface area contributed by atoms with Crippen LogP contribution >= 0.6 is 27.3 Å². The third-order valence-electron chi connectivity index (χ3n) is 3.26. The third kappa shape index (κ3) is 3.15. The summed E-state index contributed by atoms with van der Waals surface area (Å²) < 4.78 is 28.4. The van der Waals surface area contributed by atoms with Crippen LogP contribution in [0.25, 0.3) is 10.1 Å². The Labute approximate surface area is 133 Å². The molecule has 0 bridgehead atoms. The van der Waals surface area contributed by atoms with Crippen LogP contribution in [0.5, 0.6) is 0 Å². The lowest BCUT2D eigenvalue weighted by molar-refractivity contribution is 0.181. The van der Waals surface area contributed by atoms with E-state index in [1.807, 2.05) is 6.07 Å². The molecule has 0 aliphatic heterocycles. The lowest BCUT2D eigenvalue weighted by atomic mass is 10.1. The minimum absolute atomic E-state index is 0.189. The van der Waals surface area contributed by atoms with Crippen molar-refractivity contribution >= 4 is 37.4 Å². The number of fused-ring (bicyclic) bond motifs is 1. The molecule has 21 heavy (non-hydrogen) atoms. The van der Waals surface area contributed by atoms with E-state index in [-0.39, 0.29) is 18.1 Å². The first-order valence-corrected chi connectivity index (χ1v) is 7.95. The molecule has 0 saturated heterocycles. The Kier molecular flexibility index (Phi) is 4.06. The molecule has 0 saturated carbocycles. The van der Waals surface area contributed by atoms with E-state index in [1.54, 1.807) is 18.2 Å². The first-order chi connectivity index (χ1) is 10.0. The fourth-order valence-corrected chi connectivity index (χ4v) is 3.59. The fourth-order valence-electron chi connectivity index (χ4n) is 2.19. The molecule has 1 nitrogen and oxygen atoms in total. The number of aliphatic hydroxyl groups is 1. The standard InChI is InChI=1S/C16H11BrF2OS/c17-11-3-1-9(13(19)7-11)5-14(20)16-6-10-2-4-12(18)8-15(10)21-16/h1-4,6-8,14,20H,5H2. The first kappa shape index (κ1) is 14.6. The number of thiophene rings is 1. The summed E-state index contributed by atoms with van der Waals surface area (Å²) >= 11 is 4.53. The average molecular weight is 369 g/mol. The van der Waals surface area contributed by atoms with Crippen LogP contribution in [0.2, 0.25) is 0 Å². The van der Waals surface area contributed by atoms with Crippen molar-refractivity contribution in [2.75, 3.05) is 0 Å². The van der Waals surface area contributed by atoms with Gasteiger partial charge in [0, 0.05) is 20.5 Å². The van der Waals surface area contributed by atoms with Crippen molar-refractivity contribution in [2.45, 2.75) is 12.5 Å². The van der Waals surface area contributed by atoms with E-state index < -0.39 is 6.10 Å². The molecule has 0 radical (unpaired) electrons. The number of halogens is 3. The van der Waals surface area contributed by atoms with E-state index in [0.29, 0.717) is 14.9 Å². The maximum atomic E-state index is 13.8. The van der Waals surface area contributed by atoms with E-state index in [1.165, 1.54) is 29.5 Å². The van der Waals surface area contributed by atoms with Crippen molar-refractivity contribution < 1.29 is 13.9 Å². The van der Waals surface area contributed by atoms with Crippen molar-refractivity contribution in [1.29, 1.82) is 0 Å². The Morgan fingerprint density at radius 1 is 1.10 bits per heavy atom. The molecule has 0 aliphatic rings.